The molecule has 0 spiro atoms. The number of aromatic amines is 1. The number of hydrogen-bond donors (Lipinski definition) is 1. The first-order chi connectivity index (χ1) is 8.72. The van der Waals surface area contributed by atoms with Crippen molar-refractivity contribution >= 4 is 35.0 Å². The van der Waals surface area contributed by atoms with Crippen LogP contribution in [-0.4, -0.2) is 27.7 Å². The molecule has 0 radical (unpaired) electrons. The predicted molar refractivity (Wildman–Crippen MR) is 75.7 cm³/mol. The number of unbranched alkanes of at least 4 members (excludes halogenated alkanes) is 1. The van der Waals surface area contributed by atoms with Gasteiger partial charge in [-0.25, -0.2) is 4.98 Å². The van der Waals surface area contributed by atoms with Gasteiger partial charge in [-0.1, -0.05) is 24.9 Å². The SMILES string of the molecule is CCCCOCCn1c(=S)[nH]c2cc(Cl)cnc21. The van der Waals surface area contributed by atoms with Gasteiger partial charge >= 0.3 is 0 Å². The minimum Gasteiger partial charge on any atom is -0.380 e. The Hall–Kier alpha value is -0.910. The second kappa shape index (κ2) is 6.31. The molecule has 2 aromatic heterocycles. The van der Waals surface area contributed by atoms with Crippen molar-refractivity contribution in [2.75, 3.05) is 13.2 Å². The Kier molecular flexibility index (Phi) is 4.74. The summed E-state index contributed by atoms with van der Waals surface area (Å²) >= 11 is 11.2. The standard InChI is InChI=1S/C12H16ClN3OS/c1-2-3-5-17-6-4-16-11-10(15-12(16)18)7-9(13)8-14-11/h7-8H,2-6H2,1H3,(H,15,18). The number of halogens is 1. The van der Waals surface area contributed by atoms with E-state index in [0.717, 1.165) is 30.6 Å². The van der Waals surface area contributed by atoms with Crippen LogP contribution < -0.4 is 0 Å². The number of nitrogens with zero attached hydrogens (tertiary/aromatic N) is 2. The molecule has 98 valence electrons. The molecule has 4 nitrogen and oxygen atoms in total. The van der Waals surface area contributed by atoms with Crippen LogP contribution >= 0.6 is 23.8 Å². The van der Waals surface area contributed by atoms with Gasteiger partial charge in [0.2, 0.25) is 0 Å². The molecule has 1 N–H and O–H groups in total. The summed E-state index contributed by atoms with van der Waals surface area (Å²) in [4.78, 5) is 7.39. The predicted octanol–water partition coefficient (Wildman–Crippen LogP) is 3.56. The van der Waals surface area contributed by atoms with Crippen LogP contribution in [0.5, 0.6) is 0 Å². The summed E-state index contributed by atoms with van der Waals surface area (Å²) in [5.41, 5.74) is 1.68. The van der Waals surface area contributed by atoms with Gasteiger partial charge < -0.3 is 9.72 Å². The third-order valence-electron chi connectivity index (χ3n) is 2.68. The van der Waals surface area contributed by atoms with Crippen LogP contribution in [0, 0.1) is 4.77 Å². The van der Waals surface area contributed by atoms with Gasteiger partial charge in [0, 0.05) is 12.8 Å². The molecule has 0 saturated carbocycles. The van der Waals surface area contributed by atoms with E-state index in [9.17, 15) is 0 Å². The number of H-pyrrole nitrogens is 1. The number of nitrogens with one attached hydrogen (secondary N) is 1. The van der Waals surface area contributed by atoms with Gasteiger partial charge in [-0.15, -0.1) is 0 Å². The first-order valence-electron chi connectivity index (χ1n) is 6.04. The number of fused-ring (bicyclic) bond motifs is 1. The maximum Gasteiger partial charge on any atom is 0.179 e. The van der Waals surface area contributed by atoms with Gasteiger partial charge in [0.15, 0.2) is 10.4 Å². The molecule has 0 saturated heterocycles. The van der Waals surface area contributed by atoms with Crippen LogP contribution in [0.25, 0.3) is 11.2 Å². The Balaban J connectivity index is 2.08. The lowest BCUT2D eigenvalue weighted by Gasteiger charge is -2.05. The molecule has 0 aliphatic carbocycles. The Morgan fingerprint density at radius 1 is 1.50 bits per heavy atom. The van der Waals surface area contributed by atoms with E-state index in [1.54, 1.807) is 6.20 Å². The van der Waals surface area contributed by atoms with Gasteiger partial charge in [-0.3, -0.25) is 4.57 Å². The van der Waals surface area contributed by atoms with Gasteiger partial charge in [0.05, 0.1) is 23.7 Å². The van der Waals surface area contributed by atoms with E-state index < -0.39 is 0 Å². The van der Waals surface area contributed by atoms with Crippen molar-refractivity contribution in [3.05, 3.63) is 22.1 Å². The van der Waals surface area contributed by atoms with Crippen molar-refractivity contribution in [3.8, 4) is 0 Å². The van der Waals surface area contributed by atoms with Crippen molar-refractivity contribution in [1.82, 2.24) is 14.5 Å². The van der Waals surface area contributed by atoms with Crippen molar-refractivity contribution in [1.29, 1.82) is 0 Å². The minimum atomic E-state index is 0.602. The zero-order valence-electron chi connectivity index (χ0n) is 10.3. The highest BCUT2D eigenvalue weighted by Gasteiger charge is 2.05. The molecule has 0 amide bonds. The molecular formula is C12H16ClN3OS. The average molecular weight is 286 g/mol. The molecular weight excluding hydrogens is 270 g/mol. The average Bonchev–Trinajstić information content (AvgIpc) is 2.64. The van der Waals surface area contributed by atoms with E-state index in [-0.39, 0.29) is 0 Å². The first-order valence-corrected chi connectivity index (χ1v) is 6.83. The van der Waals surface area contributed by atoms with E-state index >= 15 is 0 Å². The number of aromatic nitrogens is 3. The lowest BCUT2D eigenvalue weighted by molar-refractivity contribution is 0.124. The normalized spacial score (nSPS) is 11.2. The van der Waals surface area contributed by atoms with Crippen molar-refractivity contribution in [2.24, 2.45) is 0 Å². The number of rotatable bonds is 6. The van der Waals surface area contributed by atoms with Crippen molar-refractivity contribution in [2.45, 2.75) is 26.3 Å². The Bertz CT molecular complexity index is 578. The molecule has 0 fully saturated rings. The van der Waals surface area contributed by atoms with Crippen LogP contribution in [-0.2, 0) is 11.3 Å². The Morgan fingerprint density at radius 3 is 3.11 bits per heavy atom. The summed E-state index contributed by atoms with van der Waals surface area (Å²) in [6, 6.07) is 1.83. The summed E-state index contributed by atoms with van der Waals surface area (Å²) in [5.74, 6) is 0. The largest absolute Gasteiger partial charge is 0.380 e. The summed E-state index contributed by atoms with van der Waals surface area (Å²) in [5, 5.41) is 0.602. The fourth-order valence-corrected chi connectivity index (χ4v) is 2.18. The molecule has 2 aromatic rings. The van der Waals surface area contributed by atoms with Crippen LogP contribution in [0.15, 0.2) is 12.3 Å². The maximum atomic E-state index is 5.89. The summed E-state index contributed by atoms with van der Waals surface area (Å²) < 4.78 is 8.13. The topological polar surface area (TPSA) is 42.8 Å². The molecule has 18 heavy (non-hydrogen) atoms. The third-order valence-corrected chi connectivity index (χ3v) is 3.21. The zero-order chi connectivity index (χ0) is 13.0. The Labute approximate surface area is 116 Å². The second-order valence-electron chi connectivity index (χ2n) is 4.07. The summed E-state index contributed by atoms with van der Waals surface area (Å²) in [6.07, 6.45) is 3.86. The highest BCUT2D eigenvalue weighted by atomic mass is 35.5. The highest BCUT2D eigenvalue weighted by Crippen LogP contribution is 2.16. The van der Waals surface area contributed by atoms with Crippen molar-refractivity contribution < 1.29 is 4.74 Å². The second-order valence-corrected chi connectivity index (χ2v) is 4.90. The number of imidazole rings is 1. The lowest BCUT2D eigenvalue weighted by Crippen LogP contribution is -2.07. The van der Waals surface area contributed by atoms with Gasteiger partial charge in [0.1, 0.15) is 0 Å². The van der Waals surface area contributed by atoms with E-state index in [2.05, 4.69) is 16.9 Å². The molecule has 0 atom stereocenters. The quantitative estimate of drug-likeness (QED) is 0.652. The fourth-order valence-electron chi connectivity index (χ4n) is 1.73. The molecule has 0 aromatic carbocycles. The van der Waals surface area contributed by atoms with E-state index in [1.165, 1.54) is 0 Å². The maximum absolute atomic E-state index is 5.89. The molecule has 0 unspecified atom stereocenters. The van der Waals surface area contributed by atoms with Crippen LogP contribution in [0.4, 0.5) is 0 Å². The minimum absolute atomic E-state index is 0.602. The van der Waals surface area contributed by atoms with Crippen LogP contribution in [0.3, 0.4) is 0 Å². The fraction of sp³-hybridized carbons (Fsp3) is 0.500. The zero-order valence-corrected chi connectivity index (χ0v) is 11.9. The number of pyridine rings is 1. The molecule has 0 aliphatic heterocycles. The van der Waals surface area contributed by atoms with E-state index in [0.29, 0.717) is 22.9 Å². The first kappa shape index (κ1) is 13.5. The third kappa shape index (κ3) is 3.10. The Morgan fingerprint density at radius 2 is 2.33 bits per heavy atom. The van der Waals surface area contributed by atoms with E-state index in [4.69, 9.17) is 28.6 Å². The van der Waals surface area contributed by atoms with Crippen LogP contribution in [0.1, 0.15) is 19.8 Å². The van der Waals surface area contributed by atoms with Gasteiger partial charge in [-0.2, -0.15) is 0 Å². The van der Waals surface area contributed by atoms with Crippen molar-refractivity contribution in [3.63, 3.8) is 0 Å². The molecule has 0 aliphatic rings. The molecule has 6 heteroatoms. The van der Waals surface area contributed by atoms with Crippen LogP contribution in [0.2, 0.25) is 5.02 Å². The van der Waals surface area contributed by atoms with Gasteiger partial charge in [0.25, 0.3) is 0 Å². The smallest absolute Gasteiger partial charge is 0.179 e. The summed E-state index contributed by atoms with van der Waals surface area (Å²) in [6.45, 7) is 4.29. The monoisotopic (exact) mass is 285 g/mol. The lowest BCUT2D eigenvalue weighted by atomic mass is 10.4. The highest BCUT2D eigenvalue weighted by molar-refractivity contribution is 7.71. The van der Waals surface area contributed by atoms with E-state index in [1.807, 2.05) is 10.6 Å². The summed E-state index contributed by atoms with van der Waals surface area (Å²) in [7, 11) is 0. The molecule has 2 rings (SSSR count). The molecule has 2 heterocycles. The number of hydrogen-bond acceptors (Lipinski definition) is 3. The molecule has 0 bridgehead atoms. The van der Waals surface area contributed by atoms with Gasteiger partial charge in [-0.05, 0) is 24.7 Å². The number of ether oxygens (including phenoxy) is 1.